The summed E-state index contributed by atoms with van der Waals surface area (Å²) in [7, 11) is 0. The molecule has 8 rings (SSSR count). The van der Waals surface area contributed by atoms with Crippen LogP contribution >= 0.6 is 0 Å². The van der Waals surface area contributed by atoms with Crippen molar-refractivity contribution < 1.29 is 24.2 Å². The molecule has 2 amide bonds. The number of carbonyl (C=O) groups excluding carboxylic acids is 2. The standard InChI is InChI=1S/C29H30N2O5/c1-19(32)31-15-13-22-18-24-9-10-25(22)29(31)21-5-7-23(8-6-21)35-16-2-14-30-28(34)12-4-20-3-11-26(33)27(17-20)36-24/h3,5-11,17-18,29,33H,2,4,12-16H2,1H3,(H,30,34). The number of nitrogens with one attached hydrogen (secondary N) is 1. The first kappa shape index (κ1) is 23.7. The Morgan fingerprint density at radius 2 is 1.81 bits per heavy atom. The van der Waals surface area contributed by atoms with Gasteiger partial charge in [0.1, 0.15) is 11.5 Å². The minimum absolute atomic E-state index is 0.0273. The number of rotatable bonds is 0. The van der Waals surface area contributed by atoms with Gasteiger partial charge in [0.15, 0.2) is 11.5 Å². The first-order valence-corrected chi connectivity index (χ1v) is 12.4. The summed E-state index contributed by atoms with van der Waals surface area (Å²) in [6.45, 7) is 3.24. The van der Waals surface area contributed by atoms with E-state index >= 15 is 0 Å². The van der Waals surface area contributed by atoms with Gasteiger partial charge in [-0.15, -0.1) is 0 Å². The van der Waals surface area contributed by atoms with Crippen LogP contribution in [0.4, 0.5) is 0 Å². The molecule has 0 aromatic heterocycles. The van der Waals surface area contributed by atoms with Gasteiger partial charge < -0.3 is 24.8 Å². The van der Waals surface area contributed by atoms with Gasteiger partial charge in [-0.3, -0.25) is 9.59 Å². The number of amides is 2. The molecule has 7 nitrogen and oxygen atoms in total. The fraction of sp³-hybridized carbons (Fsp3) is 0.310. The predicted molar refractivity (Wildman–Crippen MR) is 135 cm³/mol. The molecular weight excluding hydrogens is 456 g/mol. The minimum Gasteiger partial charge on any atom is -0.504 e. The van der Waals surface area contributed by atoms with Crippen molar-refractivity contribution in [1.82, 2.24) is 10.2 Å². The number of carbonyl (C=O) groups is 2. The van der Waals surface area contributed by atoms with Gasteiger partial charge >= 0.3 is 0 Å². The molecular formula is C29H30N2O5. The summed E-state index contributed by atoms with van der Waals surface area (Å²) in [4.78, 5) is 26.7. The SMILES string of the molecule is CC(=O)N1CCc2cc3ccc2C1c1ccc(cc1)OCCCNC(=O)CCc1ccc(O)c(c1)O3. The quantitative estimate of drug-likeness (QED) is 0.488. The Hall–Kier alpha value is -4.00. The average molecular weight is 487 g/mol. The third-order valence-electron chi connectivity index (χ3n) is 6.75. The van der Waals surface area contributed by atoms with Gasteiger partial charge in [-0.1, -0.05) is 24.3 Å². The van der Waals surface area contributed by atoms with Crippen LogP contribution in [0.1, 0.15) is 48.1 Å². The lowest BCUT2D eigenvalue weighted by Gasteiger charge is -2.37. The molecule has 0 aliphatic carbocycles. The molecule has 3 aromatic rings. The maximum Gasteiger partial charge on any atom is 0.220 e. The van der Waals surface area contributed by atoms with Crippen molar-refractivity contribution in [2.45, 2.75) is 38.6 Å². The lowest BCUT2D eigenvalue weighted by atomic mass is 9.88. The fourth-order valence-electron chi connectivity index (χ4n) is 4.87. The van der Waals surface area contributed by atoms with E-state index in [1.54, 1.807) is 25.1 Å². The van der Waals surface area contributed by atoms with Crippen molar-refractivity contribution >= 4 is 11.8 Å². The molecule has 1 unspecified atom stereocenters. The van der Waals surface area contributed by atoms with Crippen molar-refractivity contribution in [3.8, 4) is 23.0 Å². The Morgan fingerprint density at radius 1 is 1.00 bits per heavy atom. The summed E-state index contributed by atoms with van der Waals surface area (Å²) in [5.41, 5.74) is 4.08. The van der Waals surface area contributed by atoms with Gasteiger partial charge in [0, 0.05) is 26.4 Å². The normalized spacial score (nSPS) is 18.0. The lowest BCUT2D eigenvalue weighted by Crippen LogP contribution is -2.39. The van der Waals surface area contributed by atoms with Crippen LogP contribution in [-0.2, 0) is 22.4 Å². The molecule has 36 heavy (non-hydrogen) atoms. The molecule has 0 fully saturated rings. The third-order valence-corrected chi connectivity index (χ3v) is 6.75. The van der Waals surface area contributed by atoms with Gasteiger partial charge in [-0.05, 0) is 77.9 Å². The van der Waals surface area contributed by atoms with E-state index in [2.05, 4.69) is 5.32 Å². The number of phenolic OH excluding ortho intramolecular Hbond substituents is 1. The Labute approximate surface area is 210 Å². The van der Waals surface area contributed by atoms with E-state index in [-0.39, 0.29) is 23.6 Å². The number of hydrogen-bond acceptors (Lipinski definition) is 5. The topological polar surface area (TPSA) is 88.1 Å². The van der Waals surface area contributed by atoms with E-state index in [1.807, 2.05) is 47.4 Å². The van der Waals surface area contributed by atoms with Crippen LogP contribution < -0.4 is 14.8 Å². The second-order valence-electron chi connectivity index (χ2n) is 9.25. The van der Waals surface area contributed by atoms with Gasteiger partial charge in [0.2, 0.25) is 11.8 Å². The van der Waals surface area contributed by atoms with E-state index in [4.69, 9.17) is 9.47 Å². The highest BCUT2D eigenvalue weighted by atomic mass is 16.5. The highest BCUT2D eigenvalue weighted by Crippen LogP contribution is 2.39. The largest absolute Gasteiger partial charge is 0.504 e. The van der Waals surface area contributed by atoms with Gasteiger partial charge in [0.05, 0.1) is 12.6 Å². The number of aromatic hydroxyl groups is 1. The van der Waals surface area contributed by atoms with E-state index in [9.17, 15) is 14.7 Å². The Balaban J connectivity index is 1.52. The predicted octanol–water partition coefficient (Wildman–Crippen LogP) is 4.51. The van der Waals surface area contributed by atoms with E-state index < -0.39 is 0 Å². The molecule has 1 atom stereocenters. The van der Waals surface area contributed by atoms with Crippen LogP contribution in [0.5, 0.6) is 23.0 Å². The third kappa shape index (κ3) is 5.15. The zero-order valence-electron chi connectivity index (χ0n) is 20.3. The zero-order chi connectivity index (χ0) is 25.1. The van der Waals surface area contributed by atoms with Crippen LogP contribution in [0.2, 0.25) is 0 Å². The molecule has 0 saturated carbocycles. The number of ether oxygens (including phenoxy) is 2. The first-order chi connectivity index (χ1) is 17.5. The van der Waals surface area contributed by atoms with E-state index in [0.717, 1.165) is 28.0 Å². The lowest BCUT2D eigenvalue weighted by molar-refractivity contribution is -0.130. The Kier molecular flexibility index (Phi) is 6.80. The number of nitrogens with zero attached hydrogens (tertiary/aromatic N) is 1. The van der Waals surface area contributed by atoms with Gasteiger partial charge in [-0.2, -0.15) is 0 Å². The van der Waals surface area contributed by atoms with Crippen molar-refractivity contribution in [3.05, 3.63) is 82.9 Å². The monoisotopic (exact) mass is 486 g/mol. The summed E-state index contributed by atoms with van der Waals surface area (Å²) in [6.07, 6.45) is 2.29. The number of phenols is 1. The number of benzene rings is 3. The molecule has 186 valence electrons. The molecule has 7 heteroatoms. The van der Waals surface area contributed by atoms with Crippen LogP contribution in [0, 0.1) is 0 Å². The van der Waals surface area contributed by atoms with Crippen LogP contribution in [0.15, 0.2) is 60.7 Å². The number of hydrogen-bond donors (Lipinski definition) is 2. The summed E-state index contributed by atoms with van der Waals surface area (Å²) in [6, 6.07) is 18.7. The van der Waals surface area contributed by atoms with Gasteiger partial charge in [-0.25, -0.2) is 0 Å². The van der Waals surface area contributed by atoms with Crippen molar-refractivity contribution in [2.75, 3.05) is 19.7 Å². The smallest absolute Gasteiger partial charge is 0.220 e. The maximum absolute atomic E-state index is 12.5. The molecule has 0 saturated heterocycles. The summed E-state index contributed by atoms with van der Waals surface area (Å²) in [5.74, 6) is 1.76. The minimum atomic E-state index is -0.199. The van der Waals surface area contributed by atoms with Crippen molar-refractivity contribution in [2.24, 2.45) is 0 Å². The Morgan fingerprint density at radius 3 is 2.61 bits per heavy atom. The van der Waals surface area contributed by atoms with Crippen LogP contribution in [0.25, 0.3) is 0 Å². The molecule has 3 aromatic carbocycles. The second kappa shape index (κ2) is 10.3. The van der Waals surface area contributed by atoms with E-state index in [0.29, 0.717) is 56.9 Å². The highest BCUT2D eigenvalue weighted by Gasteiger charge is 2.30. The second-order valence-corrected chi connectivity index (χ2v) is 9.25. The van der Waals surface area contributed by atoms with Crippen LogP contribution in [0.3, 0.4) is 0 Å². The number of aryl methyl sites for hydroxylation is 1. The molecule has 2 N–H and O–H groups in total. The molecule has 5 aliphatic rings. The highest BCUT2D eigenvalue weighted by molar-refractivity contribution is 5.76. The molecule has 5 heterocycles. The van der Waals surface area contributed by atoms with Gasteiger partial charge in [0.25, 0.3) is 0 Å². The fourth-order valence-corrected chi connectivity index (χ4v) is 4.87. The summed E-state index contributed by atoms with van der Waals surface area (Å²) >= 11 is 0. The molecule has 5 aliphatic heterocycles. The maximum atomic E-state index is 12.5. The van der Waals surface area contributed by atoms with E-state index in [1.165, 1.54) is 0 Å². The summed E-state index contributed by atoms with van der Waals surface area (Å²) < 4.78 is 11.9. The summed E-state index contributed by atoms with van der Waals surface area (Å²) in [5, 5.41) is 13.3. The van der Waals surface area contributed by atoms with Crippen LogP contribution in [-0.4, -0.2) is 41.5 Å². The average Bonchev–Trinajstić information content (AvgIpc) is 2.88. The Bertz CT molecular complexity index is 1270. The molecule has 0 spiro atoms. The van der Waals surface area contributed by atoms with Crippen molar-refractivity contribution in [1.29, 1.82) is 0 Å². The molecule has 8 bridgehead atoms. The molecule has 0 radical (unpaired) electrons. The van der Waals surface area contributed by atoms with Crippen molar-refractivity contribution in [3.63, 3.8) is 0 Å². The zero-order valence-corrected chi connectivity index (χ0v) is 20.3. The first-order valence-electron chi connectivity index (χ1n) is 12.4.